The van der Waals surface area contributed by atoms with Crippen molar-refractivity contribution in [2.45, 2.75) is 0 Å². The van der Waals surface area contributed by atoms with E-state index >= 15 is 0 Å². The minimum absolute atomic E-state index is 1.25. The molecule has 0 bridgehead atoms. The van der Waals surface area contributed by atoms with Crippen molar-refractivity contribution in [1.29, 1.82) is 0 Å². The molecule has 0 atom stereocenters. The second-order valence-electron chi connectivity index (χ2n) is 16.2. The summed E-state index contributed by atoms with van der Waals surface area (Å²) in [5, 5.41) is 26.7. The average molecular weight is 729 g/mol. The van der Waals surface area contributed by atoms with E-state index in [4.69, 9.17) is 0 Å². The zero-order valence-electron chi connectivity index (χ0n) is 31.5. The molecule has 58 heavy (non-hydrogen) atoms. The smallest absolute Gasteiger partial charge is 0.000696 e. The van der Waals surface area contributed by atoms with Crippen LogP contribution in [0.1, 0.15) is 0 Å². The topological polar surface area (TPSA) is 0 Å². The third-order valence-electron chi connectivity index (χ3n) is 13.4. The van der Waals surface area contributed by atoms with Gasteiger partial charge in [-0.2, -0.15) is 0 Å². The molecule has 0 aromatic heterocycles. The van der Waals surface area contributed by atoms with Gasteiger partial charge >= 0.3 is 0 Å². The Morgan fingerprint density at radius 3 is 1.05 bits per heavy atom. The van der Waals surface area contributed by atoms with E-state index in [9.17, 15) is 0 Å². The lowest BCUT2D eigenvalue weighted by Crippen LogP contribution is -1.93. The van der Waals surface area contributed by atoms with E-state index in [1.807, 2.05) is 0 Å². The van der Waals surface area contributed by atoms with Crippen LogP contribution >= 0.6 is 0 Å². The first kappa shape index (κ1) is 30.7. The molecule has 0 unspecified atom stereocenters. The molecule has 0 spiro atoms. The lowest BCUT2D eigenvalue weighted by atomic mass is 9.81. The second-order valence-corrected chi connectivity index (χ2v) is 16.2. The van der Waals surface area contributed by atoms with Crippen molar-refractivity contribution in [1.82, 2.24) is 0 Å². The van der Waals surface area contributed by atoms with Gasteiger partial charge in [0, 0.05) is 0 Å². The molecule has 0 saturated carbocycles. The molecule has 0 heterocycles. The summed E-state index contributed by atoms with van der Waals surface area (Å²) in [5.74, 6) is 0. The number of hydrogen-bond acceptors (Lipinski definition) is 0. The van der Waals surface area contributed by atoms with Crippen molar-refractivity contribution in [3.63, 3.8) is 0 Å². The Hall–Kier alpha value is -7.54. The highest BCUT2D eigenvalue weighted by Gasteiger charge is 2.28. The first-order chi connectivity index (χ1) is 28.8. The number of rotatable bonds is 3. The van der Waals surface area contributed by atoms with E-state index in [2.05, 4.69) is 194 Å². The fraction of sp³-hybridized carbons (Fsp3) is 0. The monoisotopic (exact) mass is 728 g/mol. The van der Waals surface area contributed by atoms with Crippen molar-refractivity contribution >= 4 is 108 Å². The standard InChI is InChI=1S/C58H32/c1-4-15-33(16-5-1)37-31-32-46-50-38(37)23-12-28-43(50)58-54(46)49(36-19-8-3-9-20-36)42-27-14-29-44-52(42)56(58)45-30-13-26-41-48(35-17-6-2-7-18-35)53-39-24-10-21-34-22-11-25-40(47(34)39)57(53)55(44)51(41)45/h1-32H. The van der Waals surface area contributed by atoms with Gasteiger partial charge in [0.2, 0.25) is 0 Å². The molecule has 14 aromatic carbocycles. The molecule has 0 radical (unpaired) electrons. The van der Waals surface area contributed by atoms with Crippen LogP contribution in [0, 0.1) is 0 Å². The summed E-state index contributed by atoms with van der Waals surface area (Å²) in [4.78, 5) is 0. The van der Waals surface area contributed by atoms with Crippen LogP contribution in [0.5, 0.6) is 0 Å². The van der Waals surface area contributed by atoms with Gasteiger partial charge < -0.3 is 0 Å². The predicted molar refractivity (Wildman–Crippen MR) is 251 cm³/mol. The summed E-state index contributed by atoms with van der Waals surface area (Å²) in [6.07, 6.45) is 0. The number of benzene rings is 12. The van der Waals surface area contributed by atoms with Gasteiger partial charge in [-0.25, -0.2) is 0 Å². The zero-order chi connectivity index (χ0) is 37.6. The van der Waals surface area contributed by atoms with Gasteiger partial charge in [0.25, 0.3) is 0 Å². The van der Waals surface area contributed by atoms with E-state index in [1.165, 1.54) is 141 Å². The van der Waals surface area contributed by atoms with Gasteiger partial charge in [-0.15, -0.1) is 0 Å². The quantitative estimate of drug-likeness (QED) is 0.126. The van der Waals surface area contributed by atoms with Crippen LogP contribution in [0.4, 0.5) is 0 Å². The van der Waals surface area contributed by atoms with Gasteiger partial charge in [0.15, 0.2) is 0 Å². The van der Waals surface area contributed by atoms with Crippen molar-refractivity contribution in [3.05, 3.63) is 194 Å². The molecular weight excluding hydrogens is 697 g/mol. The minimum atomic E-state index is 1.25. The van der Waals surface area contributed by atoms with Gasteiger partial charge in [-0.3, -0.25) is 0 Å². The molecule has 14 aromatic rings. The Kier molecular flexibility index (Phi) is 5.85. The first-order valence-corrected chi connectivity index (χ1v) is 20.4. The van der Waals surface area contributed by atoms with Crippen molar-refractivity contribution < 1.29 is 0 Å². The Balaban J connectivity index is 1.32. The van der Waals surface area contributed by atoms with E-state index < -0.39 is 0 Å². The highest BCUT2D eigenvalue weighted by Crippen LogP contribution is 2.57. The van der Waals surface area contributed by atoms with Crippen molar-refractivity contribution in [3.8, 4) is 33.4 Å². The summed E-state index contributed by atoms with van der Waals surface area (Å²) < 4.78 is 0. The van der Waals surface area contributed by atoms with Gasteiger partial charge in [0.1, 0.15) is 0 Å². The van der Waals surface area contributed by atoms with Crippen LogP contribution in [0.15, 0.2) is 194 Å². The fourth-order valence-electron chi connectivity index (χ4n) is 11.4. The van der Waals surface area contributed by atoms with Crippen molar-refractivity contribution in [2.24, 2.45) is 0 Å². The largest absolute Gasteiger partial charge is 0.0622 e. The van der Waals surface area contributed by atoms with Gasteiger partial charge in [-0.1, -0.05) is 194 Å². The molecule has 0 N–H and O–H groups in total. The molecule has 0 amide bonds. The molecule has 0 aliphatic heterocycles. The molecule has 0 nitrogen and oxygen atoms in total. The molecule has 0 heteroatoms. The summed E-state index contributed by atoms with van der Waals surface area (Å²) in [6, 6.07) is 72.9. The molecular formula is C58H32. The van der Waals surface area contributed by atoms with Crippen LogP contribution in [-0.2, 0) is 0 Å². The normalized spacial score (nSPS) is 12.5. The first-order valence-electron chi connectivity index (χ1n) is 20.4. The predicted octanol–water partition coefficient (Wildman–Crippen LogP) is 16.5. The van der Waals surface area contributed by atoms with Crippen molar-refractivity contribution in [2.75, 3.05) is 0 Å². The molecule has 14 rings (SSSR count). The maximum Gasteiger partial charge on any atom is -0.000696 e. The van der Waals surface area contributed by atoms with Crippen LogP contribution in [0.3, 0.4) is 0 Å². The van der Waals surface area contributed by atoms with E-state index in [0.717, 1.165) is 0 Å². The zero-order valence-corrected chi connectivity index (χ0v) is 31.5. The Morgan fingerprint density at radius 1 is 0.172 bits per heavy atom. The summed E-state index contributed by atoms with van der Waals surface area (Å²) >= 11 is 0. The number of hydrogen-bond donors (Lipinski definition) is 0. The third-order valence-corrected chi connectivity index (χ3v) is 13.4. The molecule has 0 aliphatic carbocycles. The molecule has 0 saturated heterocycles. The van der Waals surface area contributed by atoms with Gasteiger partial charge in [-0.05, 0) is 141 Å². The minimum Gasteiger partial charge on any atom is -0.0622 e. The van der Waals surface area contributed by atoms with Crippen LogP contribution < -0.4 is 0 Å². The van der Waals surface area contributed by atoms with E-state index in [-0.39, 0.29) is 0 Å². The summed E-state index contributed by atoms with van der Waals surface area (Å²) in [7, 11) is 0. The third kappa shape index (κ3) is 3.71. The molecule has 0 aliphatic rings. The van der Waals surface area contributed by atoms with Crippen LogP contribution in [0.25, 0.3) is 141 Å². The maximum atomic E-state index is 2.42. The fourth-order valence-corrected chi connectivity index (χ4v) is 11.4. The highest BCUT2D eigenvalue weighted by molar-refractivity contribution is 6.53. The average Bonchev–Trinajstić information content (AvgIpc) is 3.80. The Labute approximate surface area is 333 Å². The second kappa shape index (κ2) is 11.1. The lowest BCUT2D eigenvalue weighted by Gasteiger charge is -2.21. The summed E-state index contributed by atoms with van der Waals surface area (Å²) in [6.45, 7) is 0. The van der Waals surface area contributed by atoms with Gasteiger partial charge in [0.05, 0.1) is 0 Å². The summed E-state index contributed by atoms with van der Waals surface area (Å²) in [5.41, 5.74) is 7.67. The number of fused-ring (bicyclic) bond motifs is 10. The highest BCUT2D eigenvalue weighted by atomic mass is 14.3. The lowest BCUT2D eigenvalue weighted by molar-refractivity contribution is 1.67. The maximum absolute atomic E-state index is 2.42. The SMILES string of the molecule is c1ccc(-c2ccc3c4c(-c5ccccc5)c5cccc6c5c(c5cccc7c(-c8ccccc8)c8c9cccc%10cccc(c%109)c8c6c75)c4c4cccc2c34)cc1. The Bertz CT molecular complexity index is 3970. The molecule has 264 valence electrons. The molecule has 0 fully saturated rings. The van der Waals surface area contributed by atoms with Crippen LogP contribution in [-0.4, -0.2) is 0 Å². The Morgan fingerprint density at radius 2 is 0.534 bits per heavy atom. The van der Waals surface area contributed by atoms with Crippen LogP contribution in [0.2, 0.25) is 0 Å². The van der Waals surface area contributed by atoms with E-state index in [1.54, 1.807) is 0 Å². The van der Waals surface area contributed by atoms with E-state index in [0.29, 0.717) is 0 Å².